The van der Waals surface area contributed by atoms with E-state index in [2.05, 4.69) is 14.8 Å². The van der Waals surface area contributed by atoms with Crippen molar-refractivity contribution < 1.29 is 14.0 Å². The molecule has 2 saturated heterocycles. The normalized spacial score (nSPS) is 19.4. The second-order valence-electron chi connectivity index (χ2n) is 6.60. The van der Waals surface area contributed by atoms with E-state index in [1.807, 2.05) is 29.7 Å². The fourth-order valence-corrected chi connectivity index (χ4v) is 4.47. The molecule has 0 bridgehead atoms. The Kier molecular flexibility index (Phi) is 5.14. The highest BCUT2D eigenvalue weighted by molar-refractivity contribution is 7.15. The van der Waals surface area contributed by atoms with Crippen molar-refractivity contribution in [3.63, 3.8) is 0 Å². The van der Waals surface area contributed by atoms with E-state index in [0.717, 1.165) is 69.8 Å². The maximum atomic E-state index is 13.1. The van der Waals surface area contributed by atoms with Crippen LogP contribution in [0.25, 0.3) is 0 Å². The van der Waals surface area contributed by atoms with Crippen LogP contribution >= 0.6 is 11.3 Å². The minimum atomic E-state index is -0.172. The molecule has 1 aromatic carbocycles. The standard InChI is InChI=1S/C18H23FN4OS/c19-15-1-3-16(4-2-15)22-7-5-21(6-8-22)14-17-13-20-18(25-17)23-9-11-24-12-10-23/h1-4,13H,5-12,14H2/p+1. The van der Waals surface area contributed by atoms with Gasteiger partial charge in [-0.15, -0.1) is 0 Å². The summed E-state index contributed by atoms with van der Waals surface area (Å²) in [4.78, 5) is 12.2. The number of halogens is 1. The average Bonchev–Trinajstić information content (AvgIpc) is 3.12. The monoisotopic (exact) mass is 363 g/mol. The number of nitrogens with one attached hydrogen (secondary N) is 1. The van der Waals surface area contributed by atoms with E-state index in [-0.39, 0.29) is 5.82 Å². The van der Waals surface area contributed by atoms with Crippen molar-refractivity contribution in [3.05, 3.63) is 41.2 Å². The minimum absolute atomic E-state index is 0.172. The number of aromatic nitrogens is 1. The molecule has 0 spiro atoms. The van der Waals surface area contributed by atoms with Crippen LogP contribution in [0.2, 0.25) is 0 Å². The van der Waals surface area contributed by atoms with Crippen LogP contribution in [0.15, 0.2) is 30.5 Å². The second kappa shape index (κ2) is 7.68. The molecule has 1 N–H and O–H groups in total. The molecule has 2 fully saturated rings. The zero-order valence-corrected chi connectivity index (χ0v) is 15.1. The predicted molar refractivity (Wildman–Crippen MR) is 98.2 cm³/mol. The highest BCUT2D eigenvalue weighted by Gasteiger charge is 2.22. The van der Waals surface area contributed by atoms with Gasteiger partial charge in [0.15, 0.2) is 5.13 Å². The Morgan fingerprint density at radius 3 is 2.48 bits per heavy atom. The van der Waals surface area contributed by atoms with E-state index < -0.39 is 0 Å². The summed E-state index contributed by atoms with van der Waals surface area (Å²) in [6, 6.07) is 6.83. The van der Waals surface area contributed by atoms with Crippen LogP contribution in [0.4, 0.5) is 15.2 Å². The Morgan fingerprint density at radius 2 is 1.76 bits per heavy atom. The fourth-order valence-electron chi connectivity index (χ4n) is 3.44. The van der Waals surface area contributed by atoms with Crippen LogP contribution < -0.4 is 14.7 Å². The third kappa shape index (κ3) is 4.11. The molecular formula is C18H24FN4OS+. The van der Waals surface area contributed by atoms with Gasteiger partial charge in [-0.3, -0.25) is 0 Å². The molecule has 1 aromatic heterocycles. The number of rotatable bonds is 4. The zero-order valence-electron chi connectivity index (χ0n) is 14.3. The summed E-state index contributed by atoms with van der Waals surface area (Å²) >= 11 is 1.81. The van der Waals surface area contributed by atoms with Gasteiger partial charge in [-0.25, -0.2) is 9.37 Å². The van der Waals surface area contributed by atoms with Gasteiger partial charge in [0.1, 0.15) is 12.4 Å². The molecule has 0 amide bonds. The third-order valence-electron chi connectivity index (χ3n) is 4.91. The molecule has 0 atom stereocenters. The van der Waals surface area contributed by atoms with Crippen molar-refractivity contribution in [2.45, 2.75) is 6.54 Å². The Balaban J connectivity index is 1.30. The van der Waals surface area contributed by atoms with Crippen LogP contribution in [0.1, 0.15) is 4.88 Å². The number of hydrogen-bond donors (Lipinski definition) is 1. The first-order valence-electron chi connectivity index (χ1n) is 8.89. The van der Waals surface area contributed by atoms with Crippen LogP contribution in [0.5, 0.6) is 0 Å². The van der Waals surface area contributed by atoms with Gasteiger partial charge in [-0.2, -0.15) is 0 Å². The quantitative estimate of drug-likeness (QED) is 0.880. The van der Waals surface area contributed by atoms with Gasteiger partial charge in [0.25, 0.3) is 0 Å². The van der Waals surface area contributed by atoms with Gasteiger partial charge < -0.3 is 19.4 Å². The lowest BCUT2D eigenvalue weighted by Gasteiger charge is -2.33. The predicted octanol–water partition coefficient (Wildman–Crippen LogP) is 1.02. The summed E-state index contributed by atoms with van der Waals surface area (Å²) < 4.78 is 18.5. The average molecular weight is 363 g/mol. The van der Waals surface area contributed by atoms with Crippen LogP contribution in [-0.2, 0) is 11.3 Å². The highest BCUT2D eigenvalue weighted by atomic mass is 32.1. The lowest BCUT2D eigenvalue weighted by molar-refractivity contribution is -0.914. The van der Waals surface area contributed by atoms with Gasteiger partial charge in [-0.1, -0.05) is 11.3 Å². The molecule has 2 aromatic rings. The largest absolute Gasteiger partial charge is 0.378 e. The SMILES string of the molecule is Fc1ccc(N2CC[NH+](Cc3cnc(N4CCOCC4)s3)CC2)cc1. The lowest BCUT2D eigenvalue weighted by atomic mass is 10.2. The van der Waals surface area contributed by atoms with Crippen molar-refractivity contribution >= 4 is 22.2 Å². The van der Waals surface area contributed by atoms with Gasteiger partial charge >= 0.3 is 0 Å². The smallest absolute Gasteiger partial charge is 0.185 e. The van der Waals surface area contributed by atoms with Gasteiger partial charge in [0, 0.05) is 25.0 Å². The number of ether oxygens (including phenoxy) is 1. The molecule has 4 rings (SSSR count). The van der Waals surface area contributed by atoms with Crippen LogP contribution in [0.3, 0.4) is 0 Å². The second-order valence-corrected chi connectivity index (χ2v) is 7.69. The number of benzene rings is 1. The van der Waals surface area contributed by atoms with Crippen molar-refractivity contribution in [2.24, 2.45) is 0 Å². The topological polar surface area (TPSA) is 33.0 Å². The first-order chi connectivity index (χ1) is 12.3. The maximum Gasteiger partial charge on any atom is 0.185 e. The molecule has 5 nitrogen and oxygen atoms in total. The summed E-state index contributed by atoms with van der Waals surface area (Å²) in [6.45, 7) is 8.74. The lowest BCUT2D eigenvalue weighted by Crippen LogP contribution is -3.13. The number of nitrogens with zero attached hydrogens (tertiary/aromatic N) is 3. The first-order valence-corrected chi connectivity index (χ1v) is 9.71. The molecule has 0 unspecified atom stereocenters. The molecule has 2 aliphatic heterocycles. The third-order valence-corrected chi connectivity index (χ3v) is 5.97. The van der Waals surface area contributed by atoms with E-state index in [9.17, 15) is 4.39 Å². The van der Waals surface area contributed by atoms with E-state index in [1.54, 1.807) is 17.0 Å². The summed E-state index contributed by atoms with van der Waals surface area (Å²) in [6.07, 6.45) is 2.04. The zero-order chi connectivity index (χ0) is 17.1. The molecular weight excluding hydrogens is 339 g/mol. The number of thiazole rings is 1. The molecule has 0 radical (unpaired) electrons. The van der Waals surface area contributed by atoms with Crippen molar-refractivity contribution in [3.8, 4) is 0 Å². The summed E-state index contributed by atoms with van der Waals surface area (Å²) in [5.74, 6) is -0.172. The first kappa shape index (κ1) is 16.8. The molecule has 0 aliphatic carbocycles. The van der Waals surface area contributed by atoms with Crippen LogP contribution in [0, 0.1) is 5.82 Å². The highest BCUT2D eigenvalue weighted by Crippen LogP contribution is 2.23. The van der Waals surface area contributed by atoms with Gasteiger partial charge in [0.05, 0.1) is 44.3 Å². The van der Waals surface area contributed by atoms with E-state index in [0.29, 0.717) is 0 Å². The summed E-state index contributed by atoms with van der Waals surface area (Å²) in [7, 11) is 0. The summed E-state index contributed by atoms with van der Waals surface area (Å²) in [5.41, 5.74) is 1.12. The Hall–Kier alpha value is -1.70. The fraction of sp³-hybridized carbons (Fsp3) is 0.500. The Labute approximate surface area is 151 Å². The van der Waals surface area contributed by atoms with Crippen molar-refractivity contribution in [2.75, 3.05) is 62.3 Å². The molecule has 134 valence electrons. The number of hydrogen-bond acceptors (Lipinski definition) is 5. The number of piperazine rings is 1. The summed E-state index contributed by atoms with van der Waals surface area (Å²) in [5, 5.41) is 1.13. The number of quaternary nitrogens is 1. The van der Waals surface area contributed by atoms with E-state index >= 15 is 0 Å². The van der Waals surface area contributed by atoms with Gasteiger partial charge in [0.2, 0.25) is 0 Å². The molecule has 25 heavy (non-hydrogen) atoms. The van der Waals surface area contributed by atoms with Crippen LogP contribution in [-0.4, -0.2) is 57.5 Å². The molecule has 0 saturated carbocycles. The molecule has 7 heteroatoms. The Bertz CT molecular complexity index is 679. The molecule has 3 heterocycles. The van der Waals surface area contributed by atoms with E-state index in [4.69, 9.17) is 4.74 Å². The minimum Gasteiger partial charge on any atom is -0.378 e. The maximum absolute atomic E-state index is 13.1. The Morgan fingerprint density at radius 1 is 1.04 bits per heavy atom. The van der Waals surface area contributed by atoms with Crippen molar-refractivity contribution in [1.29, 1.82) is 0 Å². The van der Waals surface area contributed by atoms with Crippen molar-refractivity contribution in [1.82, 2.24) is 4.98 Å². The van der Waals surface area contributed by atoms with Gasteiger partial charge in [-0.05, 0) is 24.3 Å². The number of anilines is 2. The number of morpholine rings is 1. The molecule has 2 aliphatic rings. The van der Waals surface area contributed by atoms with E-state index in [1.165, 1.54) is 4.88 Å².